The smallest absolute Gasteiger partial charge is 0.207 e. The molecule has 0 aliphatic heterocycles. The number of hydrogen-bond donors (Lipinski definition) is 1. The molecule has 0 aromatic carbocycles. The van der Waals surface area contributed by atoms with Crippen molar-refractivity contribution in [1.29, 1.82) is 0 Å². The fourth-order valence-electron chi connectivity index (χ4n) is 2.30. The van der Waals surface area contributed by atoms with E-state index >= 15 is 0 Å². The van der Waals surface area contributed by atoms with Gasteiger partial charge in [-0.3, -0.25) is 0 Å². The Kier molecular flexibility index (Phi) is 4.28. The average molecular weight is 338 g/mol. The summed E-state index contributed by atoms with van der Waals surface area (Å²) in [5.41, 5.74) is 0. The number of hydrogen-bond acceptors (Lipinski definition) is 3. The molecule has 0 bridgehead atoms. The Balaban J connectivity index is 2.06. The standard InChI is InChI=1S/C11H16BrNO2S2/c1-8(9-4-2-3-5-9)13-17(14,15)11-7-6-10(12)16-11/h6-9,13H,2-5H2,1H3. The topological polar surface area (TPSA) is 46.2 Å². The van der Waals surface area contributed by atoms with E-state index in [1.54, 1.807) is 12.1 Å². The van der Waals surface area contributed by atoms with Crippen molar-refractivity contribution < 1.29 is 8.42 Å². The summed E-state index contributed by atoms with van der Waals surface area (Å²) in [5, 5.41) is 0. The summed E-state index contributed by atoms with van der Waals surface area (Å²) >= 11 is 4.53. The Morgan fingerprint density at radius 1 is 1.41 bits per heavy atom. The number of thiophene rings is 1. The van der Waals surface area contributed by atoms with Gasteiger partial charge >= 0.3 is 0 Å². The Bertz CT molecular complexity index is 477. The lowest BCUT2D eigenvalue weighted by molar-refractivity contribution is 0.424. The second-order valence-corrected chi connectivity index (χ2v) is 8.92. The minimum atomic E-state index is -3.34. The van der Waals surface area contributed by atoms with Gasteiger partial charge in [-0.05, 0) is 53.7 Å². The van der Waals surface area contributed by atoms with Crippen LogP contribution in [0.5, 0.6) is 0 Å². The predicted molar refractivity (Wildman–Crippen MR) is 73.8 cm³/mol. The van der Waals surface area contributed by atoms with Crippen molar-refractivity contribution in [3.63, 3.8) is 0 Å². The molecule has 1 aliphatic rings. The first-order valence-electron chi connectivity index (χ1n) is 5.77. The summed E-state index contributed by atoms with van der Waals surface area (Å²) in [5.74, 6) is 0.494. The summed E-state index contributed by atoms with van der Waals surface area (Å²) < 4.78 is 28.2. The van der Waals surface area contributed by atoms with E-state index in [9.17, 15) is 8.42 Å². The zero-order valence-electron chi connectivity index (χ0n) is 9.65. The van der Waals surface area contributed by atoms with Crippen LogP contribution in [0.25, 0.3) is 0 Å². The Morgan fingerprint density at radius 2 is 2.06 bits per heavy atom. The summed E-state index contributed by atoms with van der Waals surface area (Å²) in [6.45, 7) is 1.97. The van der Waals surface area contributed by atoms with Gasteiger partial charge in [-0.2, -0.15) is 0 Å². The number of sulfonamides is 1. The van der Waals surface area contributed by atoms with Crippen molar-refractivity contribution in [3.05, 3.63) is 15.9 Å². The highest BCUT2D eigenvalue weighted by Crippen LogP contribution is 2.30. The van der Waals surface area contributed by atoms with Gasteiger partial charge in [0.15, 0.2) is 0 Å². The van der Waals surface area contributed by atoms with E-state index in [0.717, 1.165) is 16.6 Å². The molecule has 0 radical (unpaired) electrons. The van der Waals surface area contributed by atoms with Crippen LogP contribution in [0.3, 0.4) is 0 Å². The van der Waals surface area contributed by atoms with Crippen molar-refractivity contribution >= 4 is 37.3 Å². The Hall–Kier alpha value is 0.0900. The fourth-order valence-corrected chi connectivity index (χ4v) is 5.64. The van der Waals surface area contributed by atoms with Crippen LogP contribution in [0.1, 0.15) is 32.6 Å². The molecule has 3 nitrogen and oxygen atoms in total. The molecule has 1 heterocycles. The van der Waals surface area contributed by atoms with Crippen molar-refractivity contribution in [3.8, 4) is 0 Å². The number of rotatable bonds is 4. The predicted octanol–water partition coefficient (Wildman–Crippen LogP) is 3.37. The Morgan fingerprint density at radius 3 is 2.59 bits per heavy atom. The van der Waals surface area contributed by atoms with Crippen LogP contribution in [0.2, 0.25) is 0 Å². The summed E-state index contributed by atoms with van der Waals surface area (Å²) in [6.07, 6.45) is 4.72. The molecule has 1 aliphatic carbocycles. The van der Waals surface area contributed by atoms with Gasteiger partial charge < -0.3 is 0 Å². The van der Waals surface area contributed by atoms with Gasteiger partial charge in [-0.1, -0.05) is 12.8 Å². The molecule has 96 valence electrons. The zero-order chi connectivity index (χ0) is 12.5. The van der Waals surface area contributed by atoms with Crippen LogP contribution >= 0.6 is 27.3 Å². The molecule has 6 heteroatoms. The molecule has 0 amide bonds. The Labute approximate surface area is 115 Å². The maximum atomic E-state index is 12.1. The van der Waals surface area contributed by atoms with Gasteiger partial charge in [0.2, 0.25) is 10.0 Å². The van der Waals surface area contributed by atoms with Crippen LogP contribution in [0.4, 0.5) is 0 Å². The maximum absolute atomic E-state index is 12.1. The third-order valence-electron chi connectivity index (χ3n) is 3.26. The first kappa shape index (κ1) is 13.5. The van der Waals surface area contributed by atoms with Crippen LogP contribution in [0, 0.1) is 5.92 Å². The number of halogens is 1. The van der Waals surface area contributed by atoms with E-state index in [4.69, 9.17) is 0 Å². The number of nitrogens with one attached hydrogen (secondary N) is 1. The molecule has 1 unspecified atom stereocenters. The van der Waals surface area contributed by atoms with Gasteiger partial charge in [0.05, 0.1) is 3.79 Å². The third-order valence-corrected chi connectivity index (χ3v) is 6.94. The minimum absolute atomic E-state index is 0.0309. The highest BCUT2D eigenvalue weighted by Gasteiger charge is 2.26. The molecular formula is C11H16BrNO2S2. The van der Waals surface area contributed by atoms with Gasteiger partial charge in [-0.15, -0.1) is 11.3 Å². The van der Waals surface area contributed by atoms with Crippen molar-refractivity contribution in [2.24, 2.45) is 5.92 Å². The quantitative estimate of drug-likeness (QED) is 0.915. The summed E-state index contributed by atoms with van der Waals surface area (Å²) in [6, 6.07) is 3.43. The summed E-state index contributed by atoms with van der Waals surface area (Å²) in [7, 11) is -3.34. The van der Waals surface area contributed by atoms with Crippen LogP contribution in [-0.2, 0) is 10.0 Å². The van der Waals surface area contributed by atoms with Crippen LogP contribution < -0.4 is 4.72 Å². The highest BCUT2D eigenvalue weighted by atomic mass is 79.9. The molecular weight excluding hydrogens is 322 g/mol. The second-order valence-electron chi connectivity index (χ2n) is 4.51. The SMILES string of the molecule is CC(NS(=O)(=O)c1ccc(Br)s1)C1CCCC1. The monoisotopic (exact) mass is 337 g/mol. The van der Waals surface area contributed by atoms with Gasteiger partial charge in [0, 0.05) is 6.04 Å². The molecule has 17 heavy (non-hydrogen) atoms. The lowest BCUT2D eigenvalue weighted by Gasteiger charge is -2.19. The average Bonchev–Trinajstić information content (AvgIpc) is 2.86. The molecule has 1 aromatic heterocycles. The summed E-state index contributed by atoms with van der Waals surface area (Å²) in [4.78, 5) is 0. The second kappa shape index (κ2) is 5.38. The van der Waals surface area contributed by atoms with Gasteiger partial charge in [0.25, 0.3) is 0 Å². The first-order chi connectivity index (χ1) is 7.99. The fraction of sp³-hybridized carbons (Fsp3) is 0.636. The van der Waals surface area contributed by atoms with E-state index in [-0.39, 0.29) is 6.04 Å². The highest BCUT2D eigenvalue weighted by molar-refractivity contribution is 9.11. The van der Waals surface area contributed by atoms with Crippen molar-refractivity contribution in [1.82, 2.24) is 4.72 Å². The van der Waals surface area contributed by atoms with Gasteiger partial charge in [-0.25, -0.2) is 13.1 Å². The molecule has 2 rings (SSSR count). The van der Waals surface area contributed by atoms with E-state index < -0.39 is 10.0 Å². The zero-order valence-corrected chi connectivity index (χ0v) is 12.9. The maximum Gasteiger partial charge on any atom is 0.250 e. The molecule has 0 saturated heterocycles. The van der Waals surface area contributed by atoms with Crippen LogP contribution in [-0.4, -0.2) is 14.5 Å². The lowest BCUT2D eigenvalue weighted by atomic mass is 10.0. The van der Waals surface area contributed by atoms with E-state index in [0.29, 0.717) is 10.1 Å². The molecule has 1 fully saturated rings. The van der Waals surface area contributed by atoms with Crippen molar-refractivity contribution in [2.75, 3.05) is 0 Å². The largest absolute Gasteiger partial charge is 0.250 e. The molecule has 0 spiro atoms. The molecule has 1 saturated carbocycles. The molecule has 1 aromatic rings. The molecule has 1 atom stereocenters. The van der Waals surface area contributed by atoms with E-state index in [1.165, 1.54) is 24.2 Å². The third kappa shape index (κ3) is 3.30. The first-order valence-corrected chi connectivity index (χ1v) is 8.86. The van der Waals surface area contributed by atoms with Crippen LogP contribution in [0.15, 0.2) is 20.1 Å². The minimum Gasteiger partial charge on any atom is -0.207 e. The normalized spacial score (nSPS) is 19.6. The van der Waals surface area contributed by atoms with E-state index in [1.807, 2.05) is 6.92 Å². The van der Waals surface area contributed by atoms with Crippen molar-refractivity contribution in [2.45, 2.75) is 42.9 Å². The van der Waals surface area contributed by atoms with Gasteiger partial charge in [0.1, 0.15) is 4.21 Å². The molecule has 1 N–H and O–H groups in total. The lowest BCUT2D eigenvalue weighted by Crippen LogP contribution is -2.36. The van der Waals surface area contributed by atoms with E-state index in [2.05, 4.69) is 20.7 Å².